The van der Waals surface area contributed by atoms with Crippen molar-refractivity contribution in [1.29, 1.82) is 0 Å². The number of nitrogens with zero attached hydrogens (tertiary/aromatic N) is 6. The summed E-state index contributed by atoms with van der Waals surface area (Å²) in [6.45, 7) is 0. The van der Waals surface area contributed by atoms with E-state index in [1.54, 1.807) is 42.9 Å². The number of rotatable bonds is 3. The number of pyridine rings is 1. The van der Waals surface area contributed by atoms with Crippen molar-refractivity contribution < 1.29 is 9.50 Å². The molecule has 1 aliphatic rings. The van der Waals surface area contributed by atoms with Gasteiger partial charge in [0.2, 0.25) is 0 Å². The molecule has 1 saturated carbocycles. The fraction of sp³-hybridized carbons (Fsp3) is 0.300. The molecule has 0 radical (unpaired) electrons. The lowest BCUT2D eigenvalue weighted by Gasteiger charge is -2.34. The molecule has 0 spiro atoms. The summed E-state index contributed by atoms with van der Waals surface area (Å²) in [7, 11) is 0. The van der Waals surface area contributed by atoms with Gasteiger partial charge in [-0.25, -0.2) is 14.4 Å². The number of hydrogen-bond donors (Lipinski definition) is 2. The van der Waals surface area contributed by atoms with Gasteiger partial charge >= 0.3 is 0 Å². The third kappa shape index (κ3) is 2.99. The second-order valence-electron chi connectivity index (χ2n) is 7.29. The van der Waals surface area contributed by atoms with Gasteiger partial charge in [-0.05, 0) is 31.4 Å². The first-order valence-corrected chi connectivity index (χ1v) is 9.56. The normalized spacial score (nSPS) is 22.2. The molecule has 8 nitrogen and oxygen atoms in total. The Labute approximate surface area is 165 Å². The summed E-state index contributed by atoms with van der Waals surface area (Å²) in [5, 5.41) is 19.1. The van der Waals surface area contributed by atoms with E-state index in [0.717, 1.165) is 24.8 Å². The molecule has 5 rings (SSSR count). The van der Waals surface area contributed by atoms with Crippen LogP contribution in [0, 0.1) is 5.82 Å². The number of hydrogen-bond acceptors (Lipinski definition) is 6. The van der Waals surface area contributed by atoms with Crippen molar-refractivity contribution in [2.45, 2.75) is 37.5 Å². The van der Waals surface area contributed by atoms with Crippen LogP contribution < -0.4 is 5.73 Å². The first kappa shape index (κ1) is 17.9. The first-order valence-electron chi connectivity index (χ1n) is 9.56. The molecule has 0 aliphatic heterocycles. The lowest BCUT2D eigenvalue weighted by Crippen LogP contribution is -2.44. The average Bonchev–Trinajstić information content (AvgIpc) is 3.38. The Kier molecular flexibility index (Phi) is 4.33. The summed E-state index contributed by atoms with van der Waals surface area (Å²) in [6, 6.07) is 7.64. The number of fused-ring (bicyclic) bond motifs is 1. The number of aromatic nitrogens is 6. The molecule has 1 aromatic carbocycles. The lowest BCUT2D eigenvalue weighted by molar-refractivity contribution is 0.0594. The van der Waals surface area contributed by atoms with Crippen molar-refractivity contribution in [2.75, 3.05) is 0 Å². The molecule has 3 heterocycles. The van der Waals surface area contributed by atoms with E-state index in [1.807, 2.05) is 4.57 Å². The fourth-order valence-corrected chi connectivity index (χ4v) is 4.07. The van der Waals surface area contributed by atoms with Crippen molar-refractivity contribution in [2.24, 2.45) is 5.73 Å². The molecule has 148 valence electrons. The molecule has 9 heteroatoms. The molecule has 3 aromatic heterocycles. The monoisotopic (exact) mass is 393 g/mol. The second kappa shape index (κ2) is 7.02. The smallest absolute Gasteiger partial charge is 0.176 e. The quantitative estimate of drug-likeness (QED) is 0.553. The van der Waals surface area contributed by atoms with E-state index in [0.29, 0.717) is 22.7 Å². The van der Waals surface area contributed by atoms with E-state index in [1.165, 1.54) is 10.9 Å². The molecule has 0 bridgehead atoms. The minimum absolute atomic E-state index is 0.320. The summed E-state index contributed by atoms with van der Waals surface area (Å²) >= 11 is 0. The van der Waals surface area contributed by atoms with Crippen molar-refractivity contribution in [3.8, 4) is 17.2 Å². The molecular weight excluding hydrogens is 373 g/mol. The Balaban J connectivity index is 1.76. The van der Waals surface area contributed by atoms with Crippen molar-refractivity contribution >= 4 is 11.0 Å². The summed E-state index contributed by atoms with van der Waals surface area (Å²) in [5.74, 6) is 0.586. The van der Waals surface area contributed by atoms with Crippen molar-refractivity contribution in [3.63, 3.8) is 0 Å². The SMILES string of the molecule is NC1CCCC(n2c(-c3ccccc3F)nc3cnc(-n4nccn4)cc32)C1O. The van der Waals surface area contributed by atoms with Crippen LogP contribution in [0.5, 0.6) is 0 Å². The maximum atomic E-state index is 14.6. The van der Waals surface area contributed by atoms with E-state index < -0.39 is 6.10 Å². The van der Waals surface area contributed by atoms with Crippen LogP contribution in [0.15, 0.2) is 48.9 Å². The Morgan fingerprint density at radius 1 is 1.14 bits per heavy atom. The Hall–Kier alpha value is -3.17. The molecule has 3 atom stereocenters. The highest BCUT2D eigenvalue weighted by Gasteiger charge is 2.34. The van der Waals surface area contributed by atoms with Gasteiger partial charge in [0.15, 0.2) is 5.82 Å². The standard InChI is InChI=1S/C20H20FN7O/c21-13-5-2-1-4-12(13)20-26-15-11-23-18(28-24-8-9-25-28)10-17(15)27(20)16-7-3-6-14(22)19(16)29/h1-2,4-5,8-11,14,16,19,29H,3,6-7,22H2. The third-order valence-corrected chi connectivity index (χ3v) is 5.50. The number of imidazole rings is 1. The Morgan fingerprint density at radius 3 is 2.72 bits per heavy atom. The summed E-state index contributed by atoms with van der Waals surface area (Å²) < 4.78 is 16.5. The minimum Gasteiger partial charge on any atom is -0.389 e. The van der Waals surface area contributed by atoms with Crippen molar-refractivity contribution in [3.05, 3.63) is 54.7 Å². The maximum absolute atomic E-state index is 14.6. The number of halogens is 1. The van der Waals surface area contributed by atoms with Crippen LogP contribution in [-0.2, 0) is 0 Å². The summed E-state index contributed by atoms with van der Waals surface area (Å²) in [4.78, 5) is 10.4. The molecular formula is C20H20FN7O. The van der Waals surface area contributed by atoms with Gasteiger partial charge in [0.1, 0.15) is 17.2 Å². The largest absolute Gasteiger partial charge is 0.389 e. The molecule has 0 amide bonds. The van der Waals surface area contributed by atoms with Gasteiger partial charge in [0.25, 0.3) is 0 Å². The van der Waals surface area contributed by atoms with Gasteiger partial charge in [-0.1, -0.05) is 12.1 Å². The zero-order chi connectivity index (χ0) is 20.0. The Morgan fingerprint density at radius 2 is 1.93 bits per heavy atom. The van der Waals surface area contributed by atoms with E-state index >= 15 is 0 Å². The molecule has 1 fully saturated rings. The molecule has 3 N–H and O–H groups in total. The van der Waals surface area contributed by atoms with E-state index in [-0.39, 0.29) is 17.9 Å². The van der Waals surface area contributed by atoms with Gasteiger partial charge in [0.05, 0.1) is 41.8 Å². The highest BCUT2D eigenvalue weighted by Crippen LogP contribution is 2.36. The third-order valence-electron chi connectivity index (χ3n) is 5.50. The number of benzene rings is 1. The minimum atomic E-state index is -0.758. The molecule has 1 aliphatic carbocycles. The van der Waals surface area contributed by atoms with Crippen LogP contribution in [0.2, 0.25) is 0 Å². The van der Waals surface area contributed by atoms with Crippen LogP contribution >= 0.6 is 0 Å². The lowest BCUT2D eigenvalue weighted by atomic mass is 9.88. The zero-order valence-corrected chi connectivity index (χ0v) is 15.6. The molecule has 0 saturated heterocycles. The van der Waals surface area contributed by atoms with Crippen LogP contribution in [0.4, 0.5) is 4.39 Å². The van der Waals surface area contributed by atoms with Crippen LogP contribution in [0.3, 0.4) is 0 Å². The van der Waals surface area contributed by atoms with Gasteiger partial charge < -0.3 is 15.4 Å². The second-order valence-corrected chi connectivity index (χ2v) is 7.29. The number of aliphatic hydroxyl groups is 1. The van der Waals surface area contributed by atoms with E-state index in [9.17, 15) is 9.50 Å². The highest BCUT2D eigenvalue weighted by atomic mass is 19.1. The number of aliphatic hydroxyl groups excluding tert-OH is 1. The summed E-state index contributed by atoms with van der Waals surface area (Å²) in [5.41, 5.74) is 7.85. The topological polar surface area (TPSA) is 108 Å². The van der Waals surface area contributed by atoms with E-state index in [4.69, 9.17) is 5.73 Å². The van der Waals surface area contributed by atoms with E-state index in [2.05, 4.69) is 20.2 Å². The Bertz CT molecular complexity index is 1160. The summed E-state index contributed by atoms with van der Waals surface area (Å²) in [6.07, 6.45) is 6.34. The molecule has 29 heavy (non-hydrogen) atoms. The highest BCUT2D eigenvalue weighted by molar-refractivity contribution is 5.81. The van der Waals surface area contributed by atoms with Crippen LogP contribution in [0.1, 0.15) is 25.3 Å². The predicted molar refractivity (Wildman–Crippen MR) is 105 cm³/mol. The fourth-order valence-electron chi connectivity index (χ4n) is 4.07. The van der Waals surface area contributed by atoms with Crippen molar-refractivity contribution in [1.82, 2.24) is 29.5 Å². The van der Waals surface area contributed by atoms with Crippen LogP contribution in [-0.4, -0.2) is 46.8 Å². The first-order chi connectivity index (χ1) is 14.1. The van der Waals surface area contributed by atoms with Crippen LogP contribution in [0.25, 0.3) is 28.2 Å². The molecule has 3 unspecified atom stereocenters. The predicted octanol–water partition coefficient (Wildman–Crippen LogP) is 2.23. The number of nitrogens with two attached hydrogens (primary N) is 1. The average molecular weight is 393 g/mol. The molecule has 4 aromatic rings. The van der Waals surface area contributed by atoms with Gasteiger partial charge in [0, 0.05) is 12.1 Å². The maximum Gasteiger partial charge on any atom is 0.176 e. The van der Waals surface area contributed by atoms with Gasteiger partial charge in [-0.3, -0.25) is 0 Å². The van der Waals surface area contributed by atoms with Gasteiger partial charge in [-0.15, -0.1) is 4.80 Å². The van der Waals surface area contributed by atoms with Gasteiger partial charge in [-0.2, -0.15) is 10.2 Å². The zero-order valence-electron chi connectivity index (χ0n) is 15.6.